The second kappa shape index (κ2) is 5.87. The maximum absolute atomic E-state index is 14.3. The minimum atomic E-state index is -0.903. The molecule has 0 radical (unpaired) electrons. The van der Waals surface area contributed by atoms with Crippen LogP contribution in [0.4, 0.5) is 4.39 Å². The molecule has 0 fully saturated rings. The van der Waals surface area contributed by atoms with Crippen molar-refractivity contribution >= 4 is 11.8 Å². The van der Waals surface area contributed by atoms with E-state index >= 15 is 0 Å². The number of halogens is 1. The third-order valence-corrected chi connectivity index (χ3v) is 4.11. The molecule has 3 rings (SSSR count). The Morgan fingerprint density at radius 3 is 2.78 bits per heavy atom. The van der Waals surface area contributed by atoms with E-state index in [1.54, 1.807) is 12.1 Å². The third-order valence-electron chi connectivity index (χ3n) is 4.11. The number of carbonyl (C=O) groups excluding carboxylic acids is 2. The number of methoxy groups -OCH3 is 1. The molecule has 0 saturated carbocycles. The van der Waals surface area contributed by atoms with Gasteiger partial charge in [-0.05, 0) is 12.5 Å². The number of ketones is 1. The van der Waals surface area contributed by atoms with Gasteiger partial charge in [0.15, 0.2) is 5.78 Å². The van der Waals surface area contributed by atoms with E-state index in [4.69, 9.17) is 15.2 Å². The summed E-state index contributed by atoms with van der Waals surface area (Å²) in [5, 5.41) is 0. The summed E-state index contributed by atoms with van der Waals surface area (Å²) in [7, 11) is 1.20. The molecule has 0 saturated heterocycles. The topological polar surface area (TPSA) is 78.6 Å². The quantitative estimate of drug-likeness (QED) is 0.847. The van der Waals surface area contributed by atoms with Crippen molar-refractivity contribution in [3.8, 4) is 0 Å². The standard InChI is InChI=1S/C17H16FNO4/c1-22-17(21)15-13(9-5-2-3-6-10(9)18)14-11(20)7-4-8-12(14)23-16(15)19/h2-3,5-6,13H,4,7-8,19H2,1H3. The SMILES string of the molecule is COC(=O)C1=C(N)OC2=C(C(=O)CCC2)C1c1ccccc1F. The maximum atomic E-state index is 14.3. The summed E-state index contributed by atoms with van der Waals surface area (Å²) in [5.74, 6) is -2.04. The molecule has 1 atom stereocenters. The van der Waals surface area contributed by atoms with Crippen LogP contribution in [0, 0.1) is 5.82 Å². The van der Waals surface area contributed by atoms with Crippen molar-refractivity contribution in [2.24, 2.45) is 5.73 Å². The molecule has 0 aromatic heterocycles. The smallest absolute Gasteiger partial charge is 0.340 e. The van der Waals surface area contributed by atoms with Crippen molar-refractivity contribution in [2.45, 2.75) is 25.2 Å². The Labute approximate surface area is 132 Å². The summed E-state index contributed by atoms with van der Waals surface area (Å²) < 4.78 is 24.6. The zero-order chi connectivity index (χ0) is 16.6. The van der Waals surface area contributed by atoms with E-state index in [2.05, 4.69) is 0 Å². The van der Waals surface area contributed by atoms with E-state index in [-0.39, 0.29) is 22.8 Å². The summed E-state index contributed by atoms with van der Waals surface area (Å²) >= 11 is 0. The fourth-order valence-corrected chi connectivity index (χ4v) is 3.09. The minimum absolute atomic E-state index is 0.0356. The number of rotatable bonds is 2. The van der Waals surface area contributed by atoms with Gasteiger partial charge in [0, 0.05) is 24.0 Å². The van der Waals surface area contributed by atoms with Crippen LogP contribution in [-0.2, 0) is 19.1 Å². The molecule has 2 N–H and O–H groups in total. The monoisotopic (exact) mass is 317 g/mol. The number of ether oxygens (including phenoxy) is 2. The van der Waals surface area contributed by atoms with Gasteiger partial charge in [-0.1, -0.05) is 18.2 Å². The predicted octanol–water partition coefficient (Wildman–Crippen LogP) is 2.29. The Morgan fingerprint density at radius 1 is 1.35 bits per heavy atom. The Hall–Kier alpha value is -2.63. The van der Waals surface area contributed by atoms with Gasteiger partial charge in [0.05, 0.1) is 13.0 Å². The lowest BCUT2D eigenvalue weighted by Crippen LogP contribution is -2.31. The van der Waals surface area contributed by atoms with Gasteiger partial charge < -0.3 is 15.2 Å². The minimum Gasteiger partial charge on any atom is -0.465 e. The van der Waals surface area contributed by atoms with E-state index in [0.717, 1.165) is 0 Å². The summed E-state index contributed by atoms with van der Waals surface area (Å²) in [6.07, 6.45) is 1.51. The fourth-order valence-electron chi connectivity index (χ4n) is 3.09. The van der Waals surface area contributed by atoms with Crippen LogP contribution in [0.25, 0.3) is 0 Å². The first-order valence-electron chi connectivity index (χ1n) is 7.31. The average molecular weight is 317 g/mol. The number of hydrogen-bond acceptors (Lipinski definition) is 5. The van der Waals surface area contributed by atoms with Crippen LogP contribution in [0.2, 0.25) is 0 Å². The van der Waals surface area contributed by atoms with Crippen molar-refractivity contribution in [3.05, 3.63) is 58.4 Å². The summed E-state index contributed by atoms with van der Waals surface area (Å²) in [4.78, 5) is 24.6. The van der Waals surface area contributed by atoms with Crippen molar-refractivity contribution in [1.29, 1.82) is 0 Å². The number of allylic oxidation sites excluding steroid dienone is 2. The van der Waals surface area contributed by atoms with Crippen LogP contribution in [0.15, 0.2) is 47.1 Å². The number of nitrogens with two attached hydrogens (primary N) is 1. The van der Waals surface area contributed by atoms with Crippen molar-refractivity contribution in [1.82, 2.24) is 0 Å². The highest BCUT2D eigenvalue weighted by molar-refractivity contribution is 6.03. The van der Waals surface area contributed by atoms with Crippen LogP contribution in [-0.4, -0.2) is 18.9 Å². The molecular weight excluding hydrogens is 301 g/mol. The molecule has 5 nitrogen and oxygen atoms in total. The number of esters is 1. The lowest BCUT2D eigenvalue weighted by atomic mass is 9.77. The first-order chi connectivity index (χ1) is 11.0. The fraction of sp³-hybridized carbons (Fsp3) is 0.294. The summed E-state index contributed by atoms with van der Waals surface area (Å²) in [6.45, 7) is 0. The van der Waals surface area contributed by atoms with Crippen LogP contribution >= 0.6 is 0 Å². The van der Waals surface area contributed by atoms with E-state index in [1.165, 1.54) is 19.2 Å². The Balaban J connectivity index is 2.23. The zero-order valence-electron chi connectivity index (χ0n) is 12.6. The second-order valence-electron chi connectivity index (χ2n) is 5.44. The number of carbonyl (C=O) groups is 2. The summed E-state index contributed by atoms with van der Waals surface area (Å²) in [6, 6.07) is 6.00. The van der Waals surface area contributed by atoms with Gasteiger partial charge in [-0.2, -0.15) is 0 Å². The molecule has 120 valence electrons. The van der Waals surface area contributed by atoms with E-state index < -0.39 is 17.7 Å². The maximum Gasteiger partial charge on any atom is 0.340 e. The van der Waals surface area contributed by atoms with Gasteiger partial charge in [-0.25, -0.2) is 9.18 Å². The van der Waals surface area contributed by atoms with Gasteiger partial charge in [0.1, 0.15) is 17.1 Å². The second-order valence-corrected chi connectivity index (χ2v) is 5.44. The molecule has 1 aliphatic carbocycles. The average Bonchev–Trinajstić information content (AvgIpc) is 2.54. The largest absolute Gasteiger partial charge is 0.465 e. The molecule has 1 unspecified atom stereocenters. The normalized spacial score (nSPS) is 21.0. The molecular formula is C17H16FNO4. The molecule has 2 aliphatic rings. The van der Waals surface area contributed by atoms with Crippen LogP contribution in [0.3, 0.4) is 0 Å². The van der Waals surface area contributed by atoms with E-state index in [1.807, 2.05) is 0 Å². The zero-order valence-corrected chi connectivity index (χ0v) is 12.6. The lowest BCUT2D eigenvalue weighted by Gasteiger charge is -2.32. The number of Topliss-reactive ketones (excluding diaryl/α,β-unsaturated/α-hetero) is 1. The van der Waals surface area contributed by atoms with Crippen LogP contribution in [0.1, 0.15) is 30.7 Å². The highest BCUT2D eigenvalue weighted by Crippen LogP contribution is 2.44. The highest BCUT2D eigenvalue weighted by atomic mass is 19.1. The van der Waals surface area contributed by atoms with Gasteiger partial charge >= 0.3 is 5.97 Å². The molecule has 0 spiro atoms. The van der Waals surface area contributed by atoms with Gasteiger partial charge in [0.2, 0.25) is 5.88 Å². The van der Waals surface area contributed by atoms with E-state index in [0.29, 0.717) is 30.6 Å². The van der Waals surface area contributed by atoms with E-state index in [9.17, 15) is 14.0 Å². The predicted molar refractivity (Wildman–Crippen MR) is 79.3 cm³/mol. The molecule has 1 heterocycles. The van der Waals surface area contributed by atoms with Crippen LogP contribution < -0.4 is 5.73 Å². The molecule has 6 heteroatoms. The Morgan fingerprint density at radius 2 is 2.09 bits per heavy atom. The lowest BCUT2D eigenvalue weighted by molar-refractivity contribution is -0.136. The Bertz CT molecular complexity index is 751. The molecule has 1 aromatic carbocycles. The molecule has 1 aliphatic heterocycles. The molecule has 1 aromatic rings. The van der Waals surface area contributed by atoms with Crippen molar-refractivity contribution < 1.29 is 23.5 Å². The van der Waals surface area contributed by atoms with Crippen molar-refractivity contribution in [3.63, 3.8) is 0 Å². The van der Waals surface area contributed by atoms with Gasteiger partial charge in [-0.15, -0.1) is 0 Å². The van der Waals surface area contributed by atoms with Gasteiger partial charge in [0.25, 0.3) is 0 Å². The molecule has 0 bridgehead atoms. The third kappa shape index (κ3) is 2.50. The first kappa shape index (κ1) is 15.3. The highest BCUT2D eigenvalue weighted by Gasteiger charge is 2.41. The number of benzene rings is 1. The summed E-state index contributed by atoms with van der Waals surface area (Å²) in [5.41, 5.74) is 6.35. The Kier molecular flexibility index (Phi) is 3.90. The van der Waals surface area contributed by atoms with Crippen LogP contribution in [0.5, 0.6) is 0 Å². The molecule has 23 heavy (non-hydrogen) atoms. The van der Waals surface area contributed by atoms with Gasteiger partial charge in [-0.3, -0.25) is 4.79 Å². The molecule has 0 amide bonds. The number of hydrogen-bond donors (Lipinski definition) is 1. The van der Waals surface area contributed by atoms with Crippen molar-refractivity contribution in [2.75, 3.05) is 7.11 Å². The first-order valence-corrected chi connectivity index (χ1v) is 7.31.